The molecule has 1 heterocycles. The second-order valence-electron chi connectivity index (χ2n) is 8.16. The number of nitro benzene ring substituents is 1. The molecule has 1 fully saturated rings. The van der Waals surface area contributed by atoms with Gasteiger partial charge in [-0.15, -0.1) is 0 Å². The van der Waals surface area contributed by atoms with Gasteiger partial charge in [0.25, 0.3) is 11.6 Å². The fourth-order valence-corrected chi connectivity index (χ4v) is 5.14. The van der Waals surface area contributed by atoms with Gasteiger partial charge in [-0.3, -0.25) is 19.8 Å². The van der Waals surface area contributed by atoms with Gasteiger partial charge in [0, 0.05) is 19.2 Å². The van der Waals surface area contributed by atoms with Crippen LogP contribution in [0.1, 0.15) is 21.5 Å². The molecule has 0 spiro atoms. The summed E-state index contributed by atoms with van der Waals surface area (Å²) in [4.78, 5) is 41.6. The second kappa shape index (κ2) is 12.1. The number of thioether (sulfide) groups is 1. The lowest BCUT2D eigenvalue weighted by Crippen LogP contribution is -2.23. The number of nitrogens with zero attached hydrogens (tertiary/aromatic N) is 3. The molecule has 3 aromatic rings. The number of aliphatic imine (C=N–C) groups is 1. The number of likely N-dealkylation sites (N-methyl/N-ethyl adjacent to an activating group) is 1. The van der Waals surface area contributed by atoms with Crippen LogP contribution >= 0.6 is 27.7 Å². The molecule has 1 aliphatic heterocycles. The average Bonchev–Trinajstić information content (AvgIpc) is 3.19. The fraction of sp³-hybridized carbons (Fsp3) is 0.148. The van der Waals surface area contributed by atoms with Crippen molar-refractivity contribution in [3.05, 3.63) is 96.8 Å². The zero-order chi connectivity index (χ0) is 28.1. The fourth-order valence-electron chi connectivity index (χ4n) is 3.58. The van der Waals surface area contributed by atoms with Gasteiger partial charge in [0.15, 0.2) is 16.7 Å². The molecule has 1 saturated heterocycles. The molecular weight excluding hydrogens is 590 g/mol. The van der Waals surface area contributed by atoms with E-state index in [0.717, 1.165) is 0 Å². The molecule has 0 atom stereocenters. The number of methoxy groups -OCH3 is 2. The summed E-state index contributed by atoms with van der Waals surface area (Å²) in [7, 11) is 4.45. The van der Waals surface area contributed by atoms with Gasteiger partial charge in [-0.25, -0.2) is 9.79 Å². The van der Waals surface area contributed by atoms with Gasteiger partial charge in [-0.1, -0.05) is 12.1 Å². The minimum absolute atomic E-state index is 0.0195. The van der Waals surface area contributed by atoms with Crippen molar-refractivity contribution in [2.45, 2.75) is 6.61 Å². The second-order valence-corrected chi connectivity index (χ2v) is 10.0. The SMILES string of the molecule is COC(=O)c1ccc(N=C2S/C(=C\c3cc(Br)c(OCc4cccc([N+](=O)[O-])c4)c(OC)c3)C(=O)N2C)cc1. The third-order valence-electron chi connectivity index (χ3n) is 5.57. The van der Waals surface area contributed by atoms with Crippen molar-refractivity contribution < 1.29 is 28.7 Å². The van der Waals surface area contributed by atoms with E-state index >= 15 is 0 Å². The van der Waals surface area contributed by atoms with Gasteiger partial charge in [-0.2, -0.15) is 0 Å². The number of rotatable bonds is 8. The highest BCUT2D eigenvalue weighted by atomic mass is 79.9. The number of carbonyl (C=O) groups excluding carboxylic acids is 2. The molecule has 0 saturated carbocycles. The van der Waals surface area contributed by atoms with Crippen LogP contribution in [0.15, 0.2) is 75.0 Å². The summed E-state index contributed by atoms with van der Waals surface area (Å²) in [6.07, 6.45) is 1.73. The summed E-state index contributed by atoms with van der Waals surface area (Å²) in [6.45, 7) is 0.0939. The Morgan fingerprint density at radius 2 is 1.90 bits per heavy atom. The standard InChI is InChI=1S/C27H22BrN3O7S/c1-30-25(32)23(39-27(30)29-19-9-7-18(8-10-19)26(33)37-3)14-17-12-21(28)24(22(13-17)36-2)38-15-16-5-4-6-20(11-16)31(34)35/h4-14H,15H2,1-3H3/b23-14-,29-27?. The molecule has 3 aromatic carbocycles. The van der Waals surface area contributed by atoms with E-state index in [9.17, 15) is 19.7 Å². The number of esters is 1. The molecule has 0 N–H and O–H groups in total. The number of nitro groups is 1. The van der Waals surface area contributed by atoms with E-state index in [-0.39, 0.29) is 18.2 Å². The predicted molar refractivity (Wildman–Crippen MR) is 151 cm³/mol. The molecule has 10 nitrogen and oxygen atoms in total. The largest absolute Gasteiger partial charge is 0.493 e. The van der Waals surface area contributed by atoms with Crippen LogP contribution in [0, 0.1) is 10.1 Å². The number of carbonyl (C=O) groups is 2. The number of hydrogen-bond donors (Lipinski definition) is 0. The molecule has 12 heteroatoms. The van der Waals surface area contributed by atoms with Crippen LogP contribution in [0.25, 0.3) is 6.08 Å². The number of amides is 1. The maximum absolute atomic E-state index is 12.9. The molecule has 0 aliphatic carbocycles. The summed E-state index contributed by atoms with van der Waals surface area (Å²) in [5, 5.41) is 11.5. The smallest absolute Gasteiger partial charge is 0.337 e. The number of halogens is 1. The van der Waals surface area contributed by atoms with E-state index in [1.807, 2.05) is 0 Å². The van der Waals surface area contributed by atoms with Gasteiger partial charge in [-0.05, 0) is 81.3 Å². The zero-order valence-electron chi connectivity index (χ0n) is 21.0. The van der Waals surface area contributed by atoms with Crippen LogP contribution < -0.4 is 9.47 Å². The molecular formula is C27H22BrN3O7S. The Kier molecular flexibility index (Phi) is 8.67. The molecule has 4 rings (SSSR count). The van der Waals surface area contributed by atoms with E-state index in [1.54, 1.807) is 61.7 Å². The lowest BCUT2D eigenvalue weighted by atomic mass is 10.1. The maximum atomic E-state index is 12.9. The van der Waals surface area contributed by atoms with E-state index in [1.165, 1.54) is 43.0 Å². The molecule has 1 aliphatic rings. The minimum Gasteiger partial charge on any atom is -0.493 e. The van der Waals surface area contributed by atoms with Crippen molar-refractivity contribution in [3.63, 3.8) is 0 Å². The zero-order valence-corrected chi connectivity index (χ0v) is 23.4. The molecule has 0 aromatic heterocycles. The molecule has 200 valence electrons. The number of hydrogen-bond acceptors (Lipinski definition) is 9. The maximum Gasteiger partial charge on any atom is 0.337 e. The van der Waals surface area contributed by atoms with Crippen LogP contribution in [-0.4, -0.2) is 48.1 Å². The van der Waals surface area contributed by atoms with Gasteiger partial charge in [0.1, 0.15) is 6.61 Å². The van der Waals surface area contributed by atoms with Gasteiger partial charge in [0.2, 0.25) is 0 Å². The lowest BCUT2D eigenvalue weighted by Gasteiger charge is -2.14. The first kappa shape index (κ1) is 27.9. The number of amidine groups is 1. The van der Waals surface area contributed by atoms with Crippen molar-refractivity contribution in [1.82, 2.24) is 4.90 Å². The van der Waals surface area contributed by atoms with Crippen LogP contribution in [0.5, 0.6) is 11.5 Å². The van der Waals surface area contributed by atoms with Crippen molar-refractivity contribution in [1.29, 1.82) is 0 Å². The van der Waals surface area contributed by atoms with E-state index in [4.69, 9.17) is 14.2 Å². The normalized spacial score (nSPS) is 15.1. The third-order valence-corrected chi connectivity index (χ3v) is 7.22. The summed E-state index contributed by atoms with van der Waals surface area (Å²) in [5.74, 6) is 0.186. The Labute approximate surface area is 236 Å². The molecule has 1 amide bonds. The Bertz CT molecular complexity index is 1510. The van der Waals surface area contributed by atoms with Crippen molar-refractivity contribution in [3.8, 4) is 11.5 Å². The highest BCUT2D eigenvalue weighted by Gasteiger charge is 2.30. The molecule has 0 unspecified atom stereocenters. The average molecular weight is 612 g/mol. The van der Waals surface area contributed by atoms with Crippen molar-refractivity contribution >= 4 is 62.2 Å². The Balaban J connectivity index is 1.54. The predicted octanol–water partition coefficient (Wildman–Crippen LogP) is 5.97. The number of non-ortho nitro benzene ring substituents is 1. The van der Waals surface area contributed by atoms with Crippen molar-refractivity contribution in [2.24, 2.45) is 4.99 Å². The monoisotopic (exact) mass is 611 g/mol. The number of benzene rings is 3. The molecule has 0 bridgehead atoms. The first-order chi connectivity index (χ1) is 18.7. The third kappa shape index (κ3) is 6.47. The first-order valence-electron chi connectivity index (χ1n) is 11.4. The Hall–Kier alpha value is -4.16. The lowest BCUT2D eigenvalue weighted by molar-refractivity contribution is -0.384. The summed E-state index contributed by atoms with van der Waals surface area (Å²) in [5.41, 5.74) is 2.29. The van der Waals surface area contributed by atoms with E-state index in [0.29, 0.717) is 48.4 Å². The first-order valence-corrected chi connectivity index (χ1v) is 13.0. The Morgan fingerprint density at radius 1 is 1.15 bits per heavy atom. The number of ether oxygens (including phenoxy) is 3. The van der Waals surface area contributed by atoms with Gasteiger partial charge < -0.3 is 14.2 Å². The van der Waals surface area contributed by atoms with Crippen LogP contribution in [0.3, 0.4) is 0 Å². The van der Waals surface area contributed by atoms with Crippen LogP contribution in [-0.2, 0) is 16.1 Å². The summed E-state index contributed by atoms with van der Waals surface area (Å²) in [6, 6.07) is 16.3. The molecule has 0 radical (unpaired) electrons. The van der Waals surface area contributed by atoms with E-state index < -0.39 is 10.9 Å². The van der Waals surface area contributed by atoms with Crippen molar-refractivity contribution in [2.75, 3.05) is 21.3 Å². The Morgan fingerprint density at radius 3 is 2.56 bits per heavy atom. The summed E-state index contributed by atoms with van der Waals surface area (Å²) < 4.78 is 16.7. The van der Waals surface area contributed by atoms with Gasteiger partial charge in [0.05, 0.1) is 39.8 Å². The summed E-state index contributed by atoms with van der Waals surface area (Å²) >= 11 is 4.72. The topological polar surface area (TPSA) is 121 Å². The quantitative estimate of drug-likeness (QED) is 0.132. The molecule has 39 heavy (non-hydrogen) atoms. The highest BCUT2D eigenvalue weighted by molar-refractivity contribution is 9.10. The van der Waals surface area contributed by atoms with E-state index in [2.05, 4.69) is 20.9 Å². The minimum atomic E-state index is -0.459. The highest BCUT2D eigenvalue weighted by Crippen LogP contribution is 2.39. The van der Waals surface area contributed by atoms with Crippen LogP contribution in [0.4, 0.5) is 11.4 Å². The van der Waals surface area contributed by atoms with Gasteiger partial charge >= 0.3 is 5.97 Å². The van der Waals surface area contributed by atoms with Crippen LogP contribution in [0.2, 0.25) is 0 Å².